The summed E-state index contributed by atoms with van der Waals surface area (Å²) in [7, 11) is 0. The highest BCUT2D eigenvalue weighted by atomic mass is 19.4. The van der Waals surface area contributed by atoms with Crippen LogP contribution in [0.1, 0.15) is 70.3 Å². The Balaban J connectivity index is 0.00000462. The molecule has 2 atom stereocenters. The second-order valence-corrected chi connectivity index (χ2v) is 11.0. The molecule has 4 rings (SSSR count). The Kier molecular flexibility index (Phi) is 10.6. The fourth-order valence-electron chi connectivity index (χ4n) is 5.22. The number of nitrogens with zero attached hydrogens (tertiary/aromatic N) is 4. The Morgan fingerprint density at radius 3 is 2.24 bits per heavy atom. The molecule has 1 aromatic carbocycles. The Labute approximate surface area is 240 Å². The zero-order valence-corrected chi connectivity index (χ0v) is 23.4. The van der Waals surface area contributed by atoms with E-state index in [-0.39, 0.29) is 37.0 Å². The van der Waals surface area contributed by atoms with E-state index in [1.165, 1.54) is 0 Å². The number of nitrogens with one attached hydrogen (secondary N) is 3. The lowest BCUT2D eigenvalue weighted by Gasteiger charge is -2.37. The van der Waals surface area contributed by atoms with Gasteiger partial charge in [-0.3, -0.25) is 14.5 Å². The van der Waals surface area contributed by atoms with Crippen molar-refractivity contribution in [3.63, 3.8) is 0 Å². The van der Waals surface area contributed by atoms with E-state index in [9.17, 15) is 22.8 Å². The van der Waals surface area contributed by atoms with Crippen molar-refractivity contribution in [2.45, 2.75) is 78.7 Å². The minimum Gasteiger partial charge on any atom is -0.366 e. The summed E-state index contributed by atoms with van der Waals surface area (Å²) in [5.74, 6) is -1.08. The molecule has 226 valence electrons. The van der Waals surface area contributed by atoms with E-state index >= 15 is 0 Å². The number of piperazine rings is 1. The fraction of sp³-hybridized carbons (Fsp3) is 0.586. The van der Waals surface area contributed by atoms with Crippen LogP contribution < -0.4 is 16.0 Å². The maximum absolute atomic E-state index is 13.8. The van der Waals surface area contributed by atoms with Crippen LogP contribution in [0.5, 0.6) is 0 Å². The lowest BCUT2D eigenvalue weighted by Crippen LogP contribution is -2.50. The van der Waals surface area contributed by atoms with Gasteiger partial charge >= 0.3 is 6.18 Å². The summed E-state index contributed by atoms with van der Waals surface area (Å²) < 4.78 is 41.4. The second kappa shape index (κ2) is 13.5. The molecule has 41 heavy (non-hydrogen) atoms. The third-order valence-electron chi connectivity index (χ3n) is 7.42. The number of rotatable bonds is 8. The maximum atomic E-state index is 13.8. The topological polar surface area (TPSA) is 102 Å². The molecular formula is C29H42F3N7O2. The molecule has 0 bridgehead atoms. The quantitative estimate of drug-likeness (QED) is 0.399. The van der Waals surface area contributed by atoms with Crippen molar-refractivity contribution < 1.29 is 22.8 Å². The molecular weight excluding hydrogens is 535 g/mol. The highest BCUT2D eigenvalue weighted by molar-refractivity contribution is 5.94. The van der Waals surface area contributed by atoms with Crippen LogP contribution in [-0.4, -0.2) is 75.9 Å². The van der Waals surface area contributed by atoms with Gasteiger partial charge < -0.3 is 20.9 Å². The van der Waals surface area contributed by atoms with Crippen molar-refractivity contribution in [2.75, 3.05) is 36.8 Å². The lowest BCUT2D eigenvalue weighted by molar-refractivity contribution is -0.137. The van der Waals surface area contributed by atoms with Crippen LogP contribution in [0.2, 0.25) is 0 Å². The molecule has 1 aliphatic heterocycles. The molecule has 1 aromatic heterocycles. The van der Waals surface area contributed by atoms with E-state index in [0.717, 1.165) is 25.7 Å². The minimum atomic E-state index is -4.67. The first-order valence-electron chi connectivity index (χ1n) is 13.8. The molecule has 0 unspecified atom stereocenters. The SMILES string of the molecule is C.CC(C)NC(=O)[C@H]1CCC[C@H]1Nc1nc(Nc2ccc(C(=O)N3CCN(C(C)C)CC3)cc2)ncc1C(F)(F)F. The monoisotopic (exact) mass is 577 g/mol. The van der Waals surface area contributed by atoms with Crippen LogP contribution in [0, 0.1) is 5.92 Å². The summed E-state index contributed by atoms with van der Waals surface area (Å²) in [6.45, 7) is 10.9. The van der Waals surface area contributed by atoms with Gasteiger partial charge in [-0.25, -0.2) is 4.98 Å². The molecule has 2 amide bonds. The zero-order valence-electron chi connectivity index (χ0n) is 23.4. The van der Waals surface area contributed by atoms with E-state index in [2.05, 4.69) is 44.7 Å². The molecule has 1 aliphatic carbocycles. The molecule has 0 radical (unpaired) electrons. The molecule has 2 heterocycles. The number of aromatic nitrogens is 2. The van der Waals surface area contributed by atoms with Crippen molar-refractivity contribution in [3.05, 3.63) is 41.6 Å². The molecule has 3 N–H and O–H groups in total. The van der Waals surface area contributed by atoms with Crippen LogP contribution in [-0.2, 0) is 11.0 Å². The Morgan fingerprint density at radius 1 is 1.00 bits per heavy atom. The van der Waals surface area contributed by atoms with Gasteiger partial charge in [0.05, 0.1) is 5.92 Å². The predicted octanol–water partition coefficient (Wildman–Crippen LogP) is 5.15. The number of alkyl halides is 3. The third-order valence-corrected chi connectivity index (χ3v) is 7.42. The van der Waals surface area contributed by atoms with Gasteiger partial charge in [-0.1, -0.05) is 13.8 Å². The molecule has 1 saturated heterocycles. The van der Waals surface area contributed by atoms with Crippen molar-refractivity contribution in [1.29, 1.82) is 0 Å². The van der Waals surface area contributed by atoms with Gasteiger partial charge in [-0.05, 0) is 64.8 Å². The highest BCUT2D eigenvalue weighted by Crippen LogP contribution is 2.36. The Bertz CT molecular complexity index is 1180. The highest BCUT2D eigenvalue weighted by Gasteiger charge is 2.39. The molecule has 2 aromatic rings. The van der Waals surface area contributed by atoms with Gasteiger partial charge in [0.1, 0.15) is 11.4 Å². The summed E-state index contributed by atoms with van der Waals surface area (Å²) in [4.78, 5) is 37.7. The van der Waals surface area contributed by atoms with E-state index in [1.807, 2.05) is 18.7 Å². The summed E-state index contributed by atoms with van der Waals surface area (Å²) in [5, 5.41) is 8.68. The number of halogens is 3. The van der Waals surface area contributed by atoms with E-state index in [1.54, 1.807) is 24.3 Å². The molecule has 1 saturated carbocycles. The second-order valence-electron chi connectivity index (χ2n) is 11.0. The lowest BCUT2D eigenvalue weighted by atomic mass is 10.0. The smallest absolute Gasteiger partial charge is 0.366 e. The fourth-order valence-corrected chi connectivity index (χ4v) is 5.22. The number of amides is 2. The van der Waals surface area contributed by atoms with E-state index in [0.29, 0.717) is 43.2 Å². The van der Waals surface area contributed by atoms with Gasteiger partial charge in [-0.15, -0.1) is 0 Å². The van der Waals surface area contributed by atoms with Gasteiger partial charge in [0.25, 0.3) is 5.91 Å². The predicted molar refractivity (Wildman–Crippen MR) is 154 cm³/mol. The van der Waals surface area contributed by atoms with Gasteiger partial charge in [0.2, 0.25) is 11.9 Å². The van der Waals surface area contributed by atoms with Gasteiger partial charge in [0.15, 0.2) is 0 Å². The first-order chi connectivity index (χ1) is 18.9. The van der Waals surface area contributed by atoms with Crippen molar-refractivity contribution in [1.82, 2.24) is 25.1 Å². The Hall–Kier alpha value is -3.41. The standard InChI is InChI=1S/C28H38F3N7O2.CH4/c1-17(2)33-25(39)21-6-5-7-23(21)35-24-22(28(29,30)31)16-32-27(36-24)34-20-10-8-19(9-11-20)26(40)38-14-12-37(13-15-38)18(3)4;/h8-11,16-18,21,23H,5-7,12-15H2,1-4H3,(H,33,39)(H2,32,34,35,36);1H4/t21-,23+;/m0./s1. The number of anilines is 3. The van der Waals surface area contributed by atoms with Crippen molar-refractivity contribution in [3.8, 4) is 0 Å². The summed E-state index contributed by atoms with van der Waals surface area (Å²) in [6, 6.07) is 6.61. The van der Waals surface area contributed by atoms with Crippen molar-refractivity contribution in [2.24, 2.45) is 5.92 Å². The van der Waals surface area contributed by atoms with Crippen molar-refractivity contribution >= 4 is 29.3 Å². The van der Waals surface area contributed by atoms with Crippen LogP contribution in [0.25, 0.3) is 0 Å². The summed E-state index contributed by atoms with van der Waals surface area (Å²) >= 11 is 0. The van der Waals surface area contributed by atoms with Crippen LogP contribution in [0.15, 0.2) is 30.5 Å². The maximum Gasteiger partial charge on any atom is 0.421 e. The number of hydrogen-bond donors (Lipinski definition) is 3. The van der Waals surface area contributed by atoms with Crippen LogP contribution in [0.4, 0.5) is 30.6 Å². The number of carbonyl (C=O) groups is 2. The van der Waals surface area contributed by atoms with Crippen LogP contribution in [0.3, 0.4) is 0 Å². The van der Waals surface area contributed by atoms with Gasteiger partial charge in [0, 0.05) is 61.8 Å². The molecule has 2 aliphatic rings. The minimum absolute atomic E-state index is 0. The first kappa shape index (κ1) is 32.1. The third kappa shape index (κ3) is 8.08. The van der Waals surface area contributed by atoms with Crippen LogP contribution >= 0.6 is 0 Å². The average Bonchev–Trinajstić information content (AvgIpc) is 3.36. The summed E-state index contributed by atoms with van der Waals surface area (Å²) in [5.41, 5.74) is 0.0691. The van der Waals surface area contributed by atoms with E-state index in [4.69, 9.17) is 0 Å². The largest absolute Gasteiger partial charge is 0.421 e. The molecule has 9 nitrogen and oxygen atoms in total. The number of benzene rings is 1. The molecule has 12 heteroatoms. The normalized spacial score (nSPS) is 19.7. The average molecular weight is 578 g/mol. The first-order valence-corrected chi connectivity index (χ1v) is 13.8. The zero-order chi connectivity index (χ0) is 29.0. The number of carbonyl (C=O) groups excluding carboxylic acids is 2. The molecule has 0 spiro atoms. The summed E-state index contributed by atoms with van der Waals surface area (Å²) in [6.07, 6.45) is -2.05. The van der Waals surface area contributed by atoms with E-state index < -0.39 is 23.7 Å². The Morgan fingerprint density at radius 2 is 1.66 bits per heavy atom. The van der Waals surface area contributed by atoms with Gasteiger partial charge in [-0.2, -0.15) is 18.2 Å². The number of hydrogen-bond acceptors (Lipinski definition) is 7. The molecule has 2 fully saturated rings.